The Morgan fingerprint density at radius 2 is 1.80 bits per heavy atom. The number of hydrogen-bond acceptors (Lipinski definition) is 4. The molecule has 0 aromatic heterocycles. The molecule has 0 aliphatic heterocycles. The van der Waals surface area contributed by atoms with Gasteiger partial charge in [0.2, 0.25) is 0 Å². The van der Waals surface area contributed by atoms with Gasteiger partial charge in [-0.15, -0.1) is 0 Å². The van der Waals surface area contributed by atoms with Crippen LogP contribution >= 0.6 is 0 Å². The van der Waals surface area contributed by atoms with E-state index in [-0.39, 0.29) is 5.92 Å². The molecule has 1 saturated carbocycles. The number of hydrogen-bond donors (Lipinski definition) is 0. The second-order valence-corrected chi connectivity index (χ2v) is 5.72. The largest absolute Gasteiger partial charge is 0.468 e. The maximum Gasteiger partial charge on any atom is 0.323 e. The molecule has 1 fully saturated rings. The second kappa shape index (κ2) is 4.62. The van der Waals surface area contributed by atoms with Crippen LogP contribution in [-0.4, -0.2) is 26.2 Å². The van der Waals surface area contributed by atoms with Crippen molar-refractivity contribution in [3.63, 3.8) is 0 Å². The summed E-state index contributed by atoms with van der Waals surface area (Å²) in [6.07, 6.45) is 2.29. The zero-order valence-corrected chi connectivity index (χ0v) is 11.7. The molecule has 2 bridgehead atoms. The molecular formula is C16H18O4. The van der Waals surface area contributed by atoms with E-state index >= 15 is 0 Å². The molecule has 3 rings (SSSR count). The molecule has 0 unspecified atom stereocenters. The highest BCUT2D eigenvalue weighted by Crippen LogP contribution is 2.57. The van der Waals surface area contributed by atoms with E-state index in [1.807, 2.05) is 18.2 Å². The van der Waals surface area contributed by atoms with Crippen molar-refractivity contribution in [2.45, 2.75) is 25.2 Å². The van der Waals surface area contributed by atoms with Crippen molar-refractivity contribution in [3.05, 3.63) is 35.4 Å². The van der Waals surface area contributed by atoms with Gasteiger partial charge in [-0.1, -0.05) is 24.3 Å². The van der Waals surface area contributed by atoms with Gasteiger partial charge in [0.05, 0.1) is 14.2 Å². The second-order valence-electron chi connectivity index (χ2n) is 5.72. The number of carbonyl (C=O) groups excluding carboxylic acids is 2. The third-order valence-corrected chi connectivity index (χ3v) is 4.81. The molecule has 4 nitrogen and oxygen atoms in total. The molecule has 0 saturated heterocycles. The molecule has 20 heavy (non-hydrogen) atoms. The lowest BCUT2D eigenvalue weighted by Crippen LogP contribution is -2.43. The Labute approximate surface area is 118 Å². The number of ether oxygens (including phenoxy) is 2. The van der Waals surface area contributed by atoms with E-state index in [0.29, 0.717) is 12.3 Å². The molecule has 106 valence electrons. The van der Waals surface area contributed by atoms with Crippen molar-refractivity contribution in [2.75, 3.05) is 14.2 Å². The third-order valence-electron chi connectivity index (χ3n) is 4.81. The van der Waals surface area contributed by atoms with Gasteiger partial charge >= 0.3 is 11.9 Å². The minimum Gasteiger partial charge on any atom is -0.468 e. The van der Waals surface area contributed by atoms with Crippen LogP contribution in [0.2, 0.25) is 0 Å². The minimum absolute atomic E-state index is 0.127. The lowest BCUT2D eigenvalue weighted by atomic mass is 9.73. The average Bonchev–Trinajstić information content (AvgIpc) is 2.80. The predicted molar refractivity (Wildman–Crippen MR) is 72.1 cm³/mol. The van der Waals surface area contributed by atoms with Crippen LogP contribution in [0.3, 0.4) is 0 Å². The number of esters is 2. The number of fused-ring (bicyclic) bond motifs is 4. The van der Waals surface area contributed by atoms with E-state index in [1.54, 1.807) is 0 Å². The van der Waals surface area contributed by atoms with Gasteiger partial charge in [0, 0.05) is 5.92 Å². The average molecular weight is 274 g/mol. The van der Waals surface area contributed by atoms with Crippen LogP contribution < -0.4 is 0 Å². The van der Waals surface area contributed by atoms with Crippen LogP contribution in [0.5, 0.6) is 0 Å². The summed E-state index contributed by atoms with van der Waals surface area (Å²) in [5.41, 5.74) is 1.17. The standard InChI is InChI=1S/C16H18O4/c1-19-14(17)16(15(18)20-2)9-10-7-11-5-3-4-6-12(11)13(16)8-10/h3-6,10,13H,7-9H2,1-2H3/t10-,13-/m1/s1. The van der Waals surface area contributed by atoms with E-state index in [9.17, 15) is 9.59 Å². The Bertz CT molecular complexity index is 547. The topological polar surface area (TPSA) is 52.6 Å². The smallest absolute Gasteiger partial charge is 0.323 e. The number of carbonyl (C=O) groups is 2. The van der Waals surface area contributed by atoms with Crippen molar-refractivity contribution in [1.82, 2.24) is 0 Å². The van der Waals surface area contributed by atoms with Gasteiger partial charge in [0.1, 0.15) is 0 Å². The van der Waals surface area contributed by atoms with Crippen molar-refractivity contribution in [3.8, 4) is 0 Å². The summed E-state index contributed by atoms with van der Waals surface area (Å²) in [5.74, 6) is -0.715. The Hall–Kier alpha value is -1.84. The van der Waals surface area contributed by atoms with Crippen LogP contribution in [-0.2, 0) is 25.5 Å². The molecular weight excluding hydrogens is 256 g/mol. The fraction of sp³-hybridized carbons (Fsp3) is 0.500. The first kappa shape index (κ1) is 13.2. The van der Waals surface area contributed by atoms with Gasteiger partial charge in [0.25, 0.3) is 0 Å². The molecule has 2 aliphatic carbocycles. The molecule has 2 aliphatic rings. The summed E-state index contributed by atoms with van der Waals surface area (Å²) in [6.45, 7) is 0. The van der Waals surface area contributed by atoms with Crippen LogP contribution in [0.1, 0.15) is 29.9 Å². The summed E-state index contributed by atoms with van der Waals surface area (Å²) in [5, 5.41) is 0. The van der Waals surface area contributed by atoms with Crippen LogP contribution in [0.25, 0.3) is 0 Å². The van der Waals surface area contributed by atoms with Crippen molar-refractivity contribution in [1.29, 1.82) is 0 Å². The molecule has 2 atom stereocenters. The normalized spacial score (nSPS) is 25.7. The zero-order valence-electron chi connectivity index (χ0n) is 11.7. The summed E-state index contributed by atoms with van der Waals surface area (Å²) in [7, 11) is 2.67. The summed E-state index contributed by atoms with van der Waals surface area (Å²) >= 11 is 0. The lowest BCUT2D eigenvalue weighted by Gasteiger charge is -2.31. The van der Waals surface area contributed by atoms with Crippen molar-refractivity contribution >= 4 is 11.9 Å². The first-order valence-corrected chi connectivity index (χ1v) is 6.88. The Morgan fingerprint density at radius 3 is 2.45 bits per heavy atom. The molecule has 0 heterocycles. The van der Waals surface area contributed by atoms with Gasteiger partial charge in [-0.25, -0.2) is 0 Å². The molecule has 0 amide bonds. The van der Waals surface area contributed by atoms with E-state index in [0.717, 1.165) is 18.4 Å². The number of methoxy groups -OCH3 is 2. The molecule has 0 N–H and O–H groups in total. The van der Waals surface area contributed by atoms with Crippen molar-refractivity contribution < 1.29 is 19.1 Å². The van der Waals surface area contributed by atoms with Crippen LogP contribution in [0.4, 0.5) is 0 Å². The van der Waals surface area contributed by atoms with E-state index in [1.165, 1.54) is 19.8 Å². The molecule has 1 aromatic carbocycles. The quantitative estimate of drug-likeness (QED) is 0.612. The number of benzene rings is 1. The minimum atomic E-state index is -1.17. The molecule has 4 heteroatoms. The fourth-order valence-corrected chi connectivity index (χ4v) is 4.03. The van der Waals surface area contributed by atoms with Gasteiger partial charge in [-0.2, -0.15) is 0 Å². The van der Waals surface area contributed by atoms with Crippen molar-refractivity contribution in [2.24, 2.45) is 11.3 Å². The van der Waals surface area contributed by atoms with Crippen LogP contribution in [0, 0.1) is 11.3 Å². The van der Waals surface area contributed by atoms with Gasteiger partial charge < -0.3 is 9.47 Å². The van der Waals surface area contributed by atoms with Crippen LogP contribution in [0.15, 0.2) is 24.3 Å². The van der Waals surface area contributed by atoms with E-state index < -0.39 is 17.4 Å². The monoisotopic (exact) mass is 274 g/mol. The Kier molecular flexibility index (Phi) is 3.04. The summed E-state index contributed by atoms with van der Waals surface area (Å²) in [4.78, 5) is 24.7. The first-order chi connectivity index (χ1) is 9.63. The van der Waals surface area contributed by atoms with E-state index in [4.69, 9.17) is 9.47 Å². The fourth-order valence-electron chi connectivity index (χ4n) is 4.03. The zero-order chi connectivity index (χ0) is 14.3. The van der Waals surface area contributed by atoms with Gasteiger partial charge in [-0.3, -0.25) is 9.59 Å². The molecule has 0 spiro atoms. The predicted octanol–water partition coefficient (Wildman–Crippen LogP) is 2.07. The number of rotatable bonds is 2. The van der Waals surface area contributed by atoms with E-state index in [2.05, 4.69) is 6.07 Å². The highest BCUT2D eigenvalue weighted by Gasteiger charge is 2.62. The highest BCUT2D eigenvalue weighted by molar-refractivity contribution is 6.02. The highest BCUT2D eigenvalue weighted by atomic mass is 16.5. The first-order valence-electron chi connectivity index (χ1n) is 6.88. The SMILES string of the molecule is COC(=O)C1(C(=O)OC)C[C@@H]2Cc3ccccc3[C@H]1C2. The maximum atomic E-state index is 12.4. The maximum absolute atomic E-state index is 12.4. The molecule has 0 radical (unpaired) electrons. The molecule has 1 aromatic rings. The Morgan fingerprint density at radius 1 is 1.15 bits per heavy atom. The third kappa shape index (κ3) is 1.60. The van der Waals surface area contributed by atoms with Gasteiger partial charge in [0.15, 0.2) is 5.41 Å². The Balaban J connectivity index is 2.14. The van der Waals surface area contributed by atoms with Gasteiger partial charge in [-0.05, 0) is 36.3 Å². The summed E-state index contributed by atoms with van der Waals surface area (Å²) < 4.78 is 9.89. The summed E-state index contributed by atoms with van der Waals surface area (Å²) in [6, 6.07) is 8.06. The lowest BCUT2D eigenvalue weighted by molar-refractivity contribution is -0.170.